The third-order valence-electron chi connectivity index (χ3n) is 3.93. The number of rotatable bonds is 3. The number of nitrogens with zero attached hydrogens (tertiary/aromatic N) is 4. The van der Waals surface area contributed by atoms with Gasteiger partial charge in [-0.2, -0.15) is 4.98 Å². The summed E-state index contributed by atoms with van der Waals surface area (Å²) in [5.74, 6) is -0.678. The summed E-state index contributed by atoms with van der Waals surface area (Å²) in [6.07, 6.45) is 0. The molecule has 3 aromatic rings. The van der Waals surface area contributed by atoms with Crippen LogP contribution in [0.5, 0.6) is 0 Å². The maximum Gasteiger partial charge on any atom is 0.340 e. The first kappa shape index (κ1) is 19.0. The molecule has 0 saturated carbocycles. The van der Waals surface area contributed by atoms with E-state index >= 15 is 0 Å². The molecule has 27 heavy (non-hydrogen) atoms. The summed E-state index contributed by atoms with van der Waals surface area (Å²) >= 11 is 1.33. The number of amides is 1. The normalized spacial score (nSPS) is 11.6. The van der Waals surface area contributed by atoms with Crippen molar-refractivity contribution in [1.82, 2.24) is 19.6 Å². The number of carbonyl (C=O) groups is 2. The second-order valence-electron chi connectivity index (χ2n) is 7.24. The Bertz CT molecular complexity index is 1050. The summed E-state index contributed by atoms with van der Waals surface area (Å²) < 4.78 is 6.35. The van der Waals surface area contributed by atoms with E-state index in [0.717, 1.165) is 16.3 Å². The quantitative estimate of drug-likeness (QED) is 0.693. The second-order valence-corrected chi connectivity index (χ2v) is 8.29. The molecule has 3 rings (SSSR count). The topological polar surface area (TPSA) is 98.5 Å². The van der Waals surface area contributed by atoms with Gasteiger partial charge < -0.3 is 10.1 Å². The molecule has 0 unspecified atom stereocenters. The van der Waals surface area contributed by atoms with E-state index in [9.17, 15) is 9.59 Å². The summed E-state index contributed by atoms with van der Waals surface area (Å²) in [5.41, 5.74) is 1.76. The van der Waals surface area contributed by atoms with Crippen LogP contribution in [0.1, 0.15) is 58.0 Å². The summed E-state index contributed by atoms with van der Waals surface area (Å²) in [4.78, 5) is 34.2. The Balaban J connectivity index is 1.97. The molecule has 3 aromatic heterocycles. The van der Waals surface area contributed by atoms with Crippen molar-refractivity contribution in [3.63, 3.8) is 0 Å². The molecule has 1 amide bonds. The highest BCUT2D eigenvalue weighted by molar-refractivity contribution is 7.16. The summed E-state index contributed by atoms with van der Waals surface area (Å²) in [7, 11) is 1.31. The number of thiophene rings is 1. The van der Waals surface area contributed by atoms with E-state index < -0.39 is 11.9 Å². The molecular weight excluding hydrogens is 366 g/mol. The number of anilines is 1. The van der Waals surface area contributed by atoms with Crippen molar-refractivity contribution < 1.29 is 14.3 Å². The highest BCUT2D eigenvalue weighted by Gasteiger charge is 2.25. The zero-order chi connectivity index (χ0) is 19.9. The number of aryl methyl sites for hydroxylation is 2. The van der Waals surface area contributed by atoms with Crippen LogP contribution in [0.4, 0.5) is 5.00 Å². The number of aromatic nitrogens is 4. The van der Waals surface area contributed by atoms with Gasteiger partial charge in [0.1, 0.15) is 5.00 Å². The highest BCUT2D eigenvalue weighted by atomic mass is 32.1. The zero-order valence-corrected chi connectivity index (χ0v) is 16.9. The van der Waals surface area contributed by atoms with Crippen LogP contribution in [0.2, 0.25) is 0 Å². The van der Waals surface area contributed by atoms with Gasteiger partial charge in [0, 0.05) is 16.3 Å². The molecule has 3 heterocycles. The van der Waals surface area contributed by atoms with Gasteiger partial charge in [-0.25, -0.2) is 14.3 Å². The van der Waals surface area contributed by atoms with Crippen molar-refractivity contribution in [3.8, 4) is 0 Å². The average Bonchev–Trinajstić information content (AvgIpc) is 3.18. The van der Waals surface area contributed by atoms with E-state index in [1.165, 1.54) is 23.0 Å². The molecule has 0 aliphatic heterocycles. The van der Waals surface area contributed by atoms with Crippen molar-refractivity contribution in [1.29, 1.82) is 0 Å². The fraction of sp³-hybridized carbons (Fsp3) is 0.389. The minimum absolute atomic E-state index is 0.0160. The van der Waals surface area contributed by atoms with Gasteiger partial charge in [-0.05, 0) is 31.4 Å². The van der Waals surface area contributed by atoms with Crippen LogP contribution in [-0.2, 0) is 10.2 Å². The highest BCUT2D eigenvalue weighted by Crippen LogP contribution is 2.36. The number of carbonyl (C=O) groups excluding carboxylic acids is 2. The monoisotopic (exact) mass is 387 g/mol. The summed E-state index contributed by atoms with van der Waals surface area (Å²) in [5, 5.41) is 7.37. The van der Waals surface area contributed by atoms with Gasteiger partial charge in [0.15, 0.2) is 0 Å². The Morgan fingerprint density at radius 1 is 1.19 bits per heavy atom. The maximum atomic E-state index is 12.7. The molecule has 0 bridgehead atoms. The third kappa shape index (κ3) is 3.68. The minimum atomic E-state index is -0.509. The lowest BCUT2D eigenvalue weighted by Gasteiger charge is -2.15. The predicted octanol–water partition coefficient (Wildman–Crippen LogP) is 3.14. The first-order valence-corrected chi connectivity index (χ1v) is 9.17. The molecule has 0 atom stereocenters. The van der Waals surface area contributed by atoms with Gasteiger partial charge in [-0.3, -0.25) is 4.79 Å². The van der Waals surface area contributed by atoms with Crippen LogP contribution in [-0.4, -0.2) is 38.6 Å². The minimum Gasteiger partial charge on any atom is -0.465 e. The standard InChI is InChI=1S/C18H21N5O3S/c1-9-7-10(2)23-17(19-9)20-13(22-23)14(24)21-15-11(16(25)26-6)8-12(27-15)18(3,4)5/h7-8H,1-6H3,(H,21,24). The van der Waals surface area contributed by atoms with E-state index in [4.69, 9.17) is 4.74 Å². The van der Waals surface area contributed by atoms with Crippen molar-refractivity contribution in [2.24, 2.45) is 0 Å². The van der Waals surface area contributed by atoms with Gasteiger partial charge in [-0.1, -0.05) is 20.8 Å². The first-order chi connectivity index (χ1) is 12.6. The van der Waals surface area contributed by atoms with Crippen molar-refractivity contribution >= 4 is 34.0 Å². The summed E-state index contributed by atoms with van der Waals surface area (Å²) in [6, 6.07) is 3.60. The number of nitrogens with one attached hydrogen (secondary N) is 1. The molecule has 0 aromatic carbocycles. The fourth-order valence-electron chi connectivity index (χ4n) is 2.54. The van der Waals surface area contributed by atoms with Crippen LogP contribution < -0.4 is 5.32 Å². The van der Waals surface area contributed by atoms with E-state index in [1.54, 1.807) is 6.07 Å². The smallest absolute Gasteiger partial charge is 0.340 e. The lowest BCUT2D eigenvalue weighted by molar-refractivity contribution is 0.0602. The number of hydrogen-bond donors (Lipinski definition) is 1. The molecular formula is C18H21N5O3S. The second kappa shape index (κ2) is 6.73. The van der Waals surface area contributed by atoms with Gasteiger partial charge in [-0.15, -0.1) is 16.4 Å². The molecule has 0 spiro atoms. The molecule has 9 heteroatoms. The Hall–Kier alpha value is -2.81. The Morgan fingerprint density at radius 3 is 2.52 bits per heavy atom. The molecule has 0 aliphatic rings. The SMILES string of the molecule is COC(=O)c1cc(C(C)(C)C)sc1NC(=O)c1nc2nc(C)cc(C)n2n1. The average molecular weight is 387 g/mol. The lowest BCUT2D eigenvalue weighted by atomic mass is 9.94. The fourth-order valence-corrected chi connectivity index (χ4v) is 3.64. The van der Waals surface area contributed by atoms with Crippen LogP contribution >= 0.6 is 11.3 Å². The maximum absolute atomic E-state index is 12.7. The molecule has 0 saturated heterocycles. The van der Waals surface area contributed by atoms with Crippen molar-refractivity contribution in [2.45, 2.75) is 40.0 Å². The zero-order valence-electron chi connectivity index (χ0n) is 16.1. The number of hydrogen-bond acceptors (Lipinski definition) is 7. The van der Waals surface area contributed by atoms with E-state index in [0.29, 0.717) is 16.3 Å². The first-order valence-electron chi connectivity index (χ1n) is 8.35. The van der Waals surface area contributed by atoms with Crippen molar-refractivity contribution in [3.05, 3.63) is 39.8 Å². The van der Waals surface area contributed by atoms with E-state index in [-0.39, 0.29) is 11.2 Å². The van der Waals surface area contributed by atoms with Crippen molar-refractivity contribution in [2.75, 3.05) is 12.4 Å². The Kier molecular flexibility index (Phi) is 4.73. The molecule has 1 N–H and O–H groups in total. The van der Waals surface area contributed by atoms with E-state index in [2.05, 4.69) is 20.4 Å². The van der Waals surface area contributed by atoms with Crippen LogP contribution in [0.25, 0.3) is 5.78 Å². The van der Waals surface area contributed by atoms with Crippen LogP contribution in [0, 0.1) is 13.8 Å². The molecule has 0 aliphatic carbocycles. The third-order valence-corrected chi connectivity index (χ3v) is 5.40. The van der Waals surface area contributed by atoms with Gasteiger partial charge in [0.2, 0.25) is 5.82 Å². The largest absolute Gasteiger partial charge is 0.465 e. The van der Waals surface area contributed by atoms with E-state index in [1.807, 2.05) is 40.7 Å². The molecule has 142 valence electrons. The van der Waals surface area contributed by atoms with Gasteiger partial charge in [0.05, 0.1) is 12.7 Å². The van der Waals surface area contributed by atoms with Gasteiger partial charge in [0.25, 0.3) is 11.7 Å². The predicted molar refractivity (Wildman–Crippen MR) is 103 cm³/mol. The number of esters is 1. The number of methoxy groups -OCH3 is 1. The van der Waals surface area contributed by atoms with Gasteiger partial charge >= 0.3 is 5.97 Å². The number of fused-ring (bicyclic) bond motifs is 1. The lowest BCUT2D eigenvalue weighted by Crippen LogP contribution is -2.15. The van der Waals surface area contributed by atoms with Crippen LogP contribution in [0.15, 0.2) is 12.1 Å². The Morgan fingerprint density at radius 2 is 1.89 bits per heavy atom. The Labute approximate surface area is 160 Å². The molecule has 0 radical (unpaired) electrons. The van der Waals surface area contributed by atoms with Crippen LogP contribution in [0.3, 0.4) is 0 Å². The summed E-state index contributed by atoms with van der Waals surface area (Å²) in [6.45, 7) is 9.82. The molecule has 8 nitrogen and oxygen atoms in total. The number of ether oxygens (including phenoxy) is 1. The molecule has 0 fully saturated rings.